The van der Waals surface area contributed by atoms with Gasteiger partial charge >= 0.3 is 6.09 Å². The Morgan fingerprint density at radius 2 is 1.80 bits per heavy atom. The van der Waals surface area contributed by atoms with Crippen molar-refractivity contribution < 1.29 is 18.7 Å². The van der Waals surface area contributed by atoms with Crippen LogP contribution in [-0.2, 0) is 16.1 Å². The lowest BCUT2D eigenvalue weighted by Crippen LogP contribution is -2.42. The van der Waals surface area contributed by atoms with Crippen molar-refractivity contribution in [3.8, 4) is 0 Å². The summed E-state index contributed by atoms with van der Waals surface area (Å²) in [6.07, 6.45) is 1.75. The zero-order valence-corrected chi connectivity index (χ0v) is 15.2. The first-order valence-corrected chi connectivity index (χ1v) is 8.72. The molecule has 0 saturated carbocycles. The Morgan fingerprint density at radius 1 is 1.20 bits per heavy atom. The largest absolute Gasteiger partial charge is 0.444 e. The van der Waals surface area contributed by atoms with Crippen molar-refractivity contribution in [3.05, 3.63) is 35.6 Å². The molecule has 0 bridgehead atoms. The van der Waals surface area contributed by atoms with Gasteiger partial charge in [-0.05, 0) is 57.2 Å². The Kier molecular flexibility index (Phi) is 6.39. The molecule has 1 aromatic rings. The van der Waals surface area contributed by atoms with Gasteiger partial charge < -0.3 is 15.0 Å². The van der Waals surface area contributed by atoms with E-state index in [-0.39, 0.29) is 23.7 Å². The minimum Gasteiger partial charge on any atom is -0.444 e. The first kappa shape index (κ1) is 19.2. The number of nitrogens with one attached hydrogen (secondary N) is 1. The van der Waals surface area contributed by atoms with Gasteiger partial charge in [-0.15, -0.1) is 0 Å². The number of carbonyl (C=O) groups excluding carboxylic acids is 2. The van der Waals surface area contributed by atoms with E-state index in [0.29, 0.717) is 26.1 Å². The molecule has 5 nitrogen and oxygen atoms in total. The number of rotatable bonds is 4. The van der Waals surface area contributed by atoms with Gasteiger partial charge in [0.1, 0.15) is 11.4 Å². The van der Waals surface area contributed by atoms with Gasteiger partial charge in [-0.1, -0.05) is 12.1 Å². The predicted molar refractivity (Wildman–Crippen MR) is 93.4 cm³/mol. The molecule has 1 aromatic carbocycles. The molecule has 0 unspecified atom stereocenters. The van der Waals surface area contributed by atoms with E-state index < -0.39 is 5.60 Å². The summed E-state index contributed by atoms with van der Waals surface area (Å²) >= 11 is 0. The Balaban J connectivity index is 1.69. The van der Waals surface area contributed by atoms with Gasteiger partial charge in [-0.3, -0.25) is 4.79 Å². The molecule has 1 N–H and O–H groups in total. The molecule has 1 aliphatic rings. The molecule has 0 radical (unpaired) electrons. The topological polar surface area (TPSA) is 58.6 Å². The lowest BCUT2D eigenvalue weighted by Gasteiger charge is -2.33. The maximum absolute atomic E-state index is 12.8. The summed E-state index contributed by atoms with van der Waals surface area (Å²) in [5.74, 6) is -0.0289. The van der Waals surface area contributed by atoms with E-state index in [1.807, 2.05) is 20.8 Å². The quantitative estimate of drug-likeness (QED) is 0.904. The molecule has 1 aliphatic heterocycles. The summed E-state index contributed by atoms with van der Waals surface area (Å²) in [6, 6.07) is 6.09. The minimum absolute atomic E-state index is 0.0138. The summed E-state index contributed by atoms with van der Waals surface area (Å²) in [6.45, 7) is 7.18. The molecule has 1 heterocycles. The fourth-order valence-electron chi connectivity index (χ4n) is 2.78. The van der Waals surface area contributed by atoms with Gasteiger partial charge in [-0.25, -0.2) is 9.18 Å². The molecular formula is C19H27FN2O3. The summed E-state index contributed by atoms with van der Waals surface area (Å²) < 4.78 is 18.2. The number of piperidine rings is 1. The average molecular weight is 350 g/mol. The van der Waals surface area contributed by atoms with E-state index >= 15 is 0 Å². The molecule has 1 saturated heterocycles. The maximum atomic E-state index is 12.8. The fraction of sp³-hybridized carbons (Fsp3) is 0.579. The number of benzene rings is 1. The second kappa shape index (κ2) is 8.32. The molecule has 0 atom stereocenters. The third-order valence-electron chi connectivity index (χ3n) is 4.14. The van der Waals surface area contributed by atoms with Crippen molar-refractivity contribution in [1.29, 1.82) is 0 Å². The van der Waals surface area contributed by atoms with Crippen LogP contribution in [0.3, 0.4) is 0 Å². The molecule has 6 heteroatoms. The Labute approximate surface area is 148 Å². The average Bonchev–Trinajstić information content (AvgIpc) is 2.53. The zero-order chi connectivity index (χ0) is 18.4. The number of nitrogens with zero attached hydrogens (tertiary/aromatic N) is 1. The molecule has 0 aliphatic carbocycles. The molecule has 138 valence electrons. The standard InChI is InChI=1S/C19H27FN2O3/c1-19(2,3)25-18(24)22-10-8-14(9-11-22)12-17(23)21-13-15-4-6-16(20)7-5-15/h4-7,14H,8-13H2,1-3H3,(H,21,23). The molecule has 2 rings (SSSR count). The lowest BCUT2D eigenvalue weighted by atomic mass is 9.93. The number of amides is 2. The van der Waals surface area contributed by atoms with Crippen molar-refractivity contribution in [2.45, 2.75) is 52.2 Å². The van der Waals surface area contributed by atoms with Crippen LogP contribution in [0.1, 0.15) is 45.6 Å². The molecule has 1 fully saturated rings. The Hall–Kier alpha value is -2.11. The SMILES string of the molecule is CC(C)(C)OC(=O)N1CCC(CC(=O)NCc2ccc(F)cc2)CC1. The van der Waals surface area contributed by atoms with E-state index in [9.17, 15) is 14.0 Å². The molecule has 0 spiro atoms. The van der Waals surface area contributed by atoms with Gasteiger partial charge in [0.2, 0.25) is 5.91 Å². The fourth-order valence-corrected chi connectivity index (χ4v) is 2.78. The summed E-state index contributed by atoms with van der Waals surface area (Å²) in [7, 11) is 0. The summed E-state index contributed by atoms with van der Waals surface area (Å²) in [4.78, 5) is 25.8. The van der Waals surface area contributed by atoms with Crippen LogP contribution in [0.15, 0.2) is 24.3 Å². The van der Waals surface area contributed by atoms with Crippen LogP contribution in [0, 0.1) is 11.7 Å². The van der Waals surface area contributed by atoms with Crippen LogP contribution in [0.2, 0.25) is 0 Å². The van der Waals surface area contributed by atoms with Crippen LogP contribution in [0.25, 0.3) is 0 Å². The highest BCUT2D eigenvalue weighted by Gasteiger charge is 2.27. The van der Waals surface area contributed by atoms with Crippen molar-refractivity contribution in [2.75, 3.05) is 13.1 Å². The van der Waals surface area contributed by atoms with Gasteiger partial charge in [0.05, 0.1) is 0 Å². The van der Waals surface area contributed by atoms with Gasteiger partial charge in [0.25, 0.3) is 0 Å². The number of likely N-dealkylation sites (tertiary alicyclic amines) is 1. The molecular weight excluding hydrogens is 323 g/mol. The zero-order valence-electron chi connectivity index (χ0n) is 15.2. The minimum atomic E-state index is -0.492. The second-order valence-corrected chi connectivity index (χ2v) is 7.52. The monoisotopic (exact) mass is 350 g/mol. The van der Waals surface area contributed by atoms with E-state index in [4.69, 9.17) is 4.74 Å². The highest BCUT2D eigenvalue weighted by molar-refractivity contribution is 5.76. The van der Waals surface area contributed by atoms with Gasteiger partial charge in [0.15, 0.2) is 0 Å². The number of halogens is 1. The Morgan fingerprint density at radius 3 is 2.36 bits per heavy atom. The van der Waals surface area contributed by atoms with E-state index in [1.165, 1.54) is 12.1 Å². The smallest absolute Gasteiger partial charge is 0.410 e. The van der Waals surface area contributed by atoms with Crippen LogP contribution < -0.4 is 5.32 Å². The normalized spacial score (nSPS) is 15.8. The van der Waals surface area contributed by atoms with Gasteiger partial charge in [0, 0.05) is 26.1 Å². The number of carbonyl (C=O) groups is 2. The molecule has 0 aromatic heterocycles. The second-order valence-electron chi connectivity index (χ2n) is 7.52. The highest BCUT2D eigenvalue weighted by Crippen LogP contribution is 2.22. The third-order valence-corrected chi connectivity index (χ3v) is 4.14. The van der Waals surface area contributed by atoms with Crippen molar-refractivity contribution in [1.82, 2.24) is 10.2 Å². The molecule has 25 heavy (non-hydrogen) atoms. The van der Waals surface area contributed by atoms with E-state index in [0.717, 1.165) is 18.4 Å². The summed E-state index contributed by atoms with van der Waals surface area (Å²) in [5.41, 5.74) is 0.378. The maximum Gasteiger partial charge on any atom is 0.410 e. The predicted octanol–water partition coefficient (Wildman–Crippen LogP) is 3.48. The van der Waals surface area contributed by atoms with Crippen LogP contribution in [0.4, 0.5) is 9.18 Å². The highest BCUT2D eigenvalue weighted by atomic mass is 19.1. The van der Waals surface area contributed by atoms with E-state index in [2.05, 4.69) is 5.32 Å². The number of ether oxygens (including phenoxy) is 1. The van der Waals surface area contributed by atoms with Gasteiger partial charge in [-0.2, -0.15) is 0 Å². The molecule has 2 amide bonds. The van der Waals surface area contributed by atoms with E-state index in [1.54, 1.807) is 17.0 Å². The van der Waals surface area contributed by atoms with Crippen molar-refractivity contribution in [3.63, 3.8) is 0 Å². The first-order chi connectivity index (χ1) is 11.7. The summed E-state index contributed by atoms with van der Waals surface area (Å²) in [5, 5.41) is 2.86. The third kappa shape index (κ3) is 6.72. The van der Waals surface area contributed by atoms with Crippen LogP contribution in [0.5, 0.6) is 0 Å². The first-order valence-electron chi connectivity index (χ1n) is 8.72. The lowest BCUT2D eigenvalue weighted by molar-refractivity contribution is -0.122. The van der Waals surface area contributed by atoms with Crippen molar-refractivity contribution >= 4 is 12.0 Å². The Bertz CT molecular complexity index is 588. The number of hydrogen-bond donors (Lipinski definition) is 1. The van der Waals surface area contributed by atoms with Crippen molar-refractivity contribution in [2.24, 2.45) is 5.92 Å². The van der Waals surface area contributed by atoms with Crippen LogP contribution in [-0.4, -0.2) is 35.6 Å². The van der Waals surface area contributed by atoms with Crippen LogP contribution >= 0.6 is 0 Å². The number of hydrogen-bond acceptors (Lipinski definition) is 3.